The fraction of sp³-hybridized carbons (Fsp3) is 0.0500. The van der Waals surface area contributed by atoms with Crippen molar-refractivity contribution in [2.75, 3.05) is 0 Å². The van der Waals surface area contributed by atoms with E-state index in [1.165, 1.54) is 0 Å². The largest absolute Gasteiger partial charge is 0.507 e. The van der Waals surface area contributed by atoms with Crippen LogP contribution in [0.1, 0.15) is 23.1 Å². The Balaban J connectivity index is 2.23. The Bertz CT molecular complexity index is 975. The molecule has 0 unspecified atom stereocenters. The molecule has 2 aromatic rings. The Kier molecular flexibility index (Phi) is 2.83. The second-order valence-corrected chi connectivity index (χ2v) is 5.46. The van der Waals surface area contributed by atoms with Gasteiger partial charge in [-0.1, -0.05) is 54.6 Å². The van der Waals surface area contributed by atoms with E-state index in [-0.39, 0.29) is 11.5 Å². The van der Waals surface area contributed by atoms with Crippen molar-refractivity contribution in [3.05, 3.63) is 75.7 Å². The van der Waals surface area contributed by atoms with Gasteiger partial charge in [0.2, 0.25) is 0 Å². The molecule has 2 aliphatic carbocycles. The van der Waals surface area contributed by atoms with Crippen LogP contribution >= 0.6 is 0 Å². The third-order valence-corrected chi connectivity index (χ3v) is 4.15. The molecule has 0 saturated carbocycles. The molecule has 0 bridgehead atoms. The highest BCUT2D eigenvalue weighted by molar-refractivity contribution is 6.29. The second kappa shape index (κ2) is 4.85. The van der Waals surface area contributed by atoms with Gasteiger partial charge in [-0.15, -0.1) is 0 Å². The van der Waals surface area contributed by atoms with E-state index < -0.39 is 0 Å². The molecule has 0 atom stereocenters. The van der Waals surface area contributed by atoms with Gasteiger partial charge in [0.25, 0.3) is 0 Å². The van der Waals surface area contributed by atoms with E-state index in [0.717, 1.165) is 28.3 Å². The summed E-state index contributed by atoms with van der Waals surface area (Å²) in [6, 6.07) is 11.3. The van der Waals surface area contributed by atoms with Crippen molar-refractivity contribution in [1.82, 2.24) is 0 Å². The summed E-state index contributed by atoms with van der Waals surface area (Å²) in [7, 11) is 0. The summed E-state index contributed by atoms with van der Waals surface area (Å²) >= 11 is 0. The number of benzene rings is 2. The zero-order valence-electron chi connectivity index (χ0n) is 11.9. The van der Waals surface area contributed by atoms with E-state index in [0.29, 0.717) is 10.8 Å². The van der Waals surface area contributed by atoms with E-state index in [2.05, 4.69) is 12.2 Å². The van der Waals surface area contributed by atoms with Crippen LogP contribution in [-0.4, -0.2) is 10.9 Å². The molecule has 0 aromatic heterocycles. The van der Waals surface area contributed by atoms with Gasteiger partial charge in [0, 0.05) is 10.8 Å². The van der Waals surface area contributed by atoms with Crippen molar-refractivity contribution >= 4 is 29.6 Å². The van der Waals surface area contributed by atoms with Crippen LogP contribution in [0.5, 0.6) is 5.75 Å². The lowest BCUT2D eigenvalue weighted by Gasteiger charge is -2.15. The molecule has 0 radical (unpaired) electrons. The van der Waals surface area contributed by atoms with Crippen molar-refractivity contribution < 1.29 is 9.90 Å². The van der Waals surface area contributed by atoms with E-state index in [1.807, 2.05) is 42.5 Å². The fourth-order valence-corrected chi connectivity index (χ4v) is 3.14. The molecule has 4 rings (SSSR count). The van der Waals surface area contributed by atoms with Crippen LogP contribution in [0.2, 0.25) is 0 Å². The van der Waals surface area contributed by atoms with Gasteiger partial charge < -0.3 is 5.11 Å². The first-order valence-electron chi connectivity index (χ1n) is 7.30. The van der Waals surface area contributed by atoms with Crippen LogP contribution in [0.25, 0.3) is 23.8 Å². The fourth-order valence-electron chi connectivity index (χ4n) is 3.14. The smallest absolute Gasteiger partial charge is 0.187 e. The third-order valence-electron chi connectivity index (χ3n) is 4.15. The average Bonchev–Trinajstić information content (AvgIpc) is 2.56. The van der Waals surface area contributed by atoms with Gasteiger partial charge in [-0.25, -0.2) is 0 Å². The molecule has 2 nitrogen and oxygen atoms in total. The number of fused-ring (bicyclic) bond motifs is 2. The number of carbonyl (C=O) groups is 1. The highest BCUT2D eigenvalue weighted by atomic mass is 16.3. The van der Waals surface area contributed by atoms with Crippen molar-refractivity contribution in [3.63, 3.8) is 0 Å². The number of allylic oxidation sites excluding steroid dienone is 2. The van der Waals surface area contributed by atoms with E-state index in [9.17, 15) is 9.90 Å². The molecular weight excluding hydrogens is 272 g/mol. The standard InChI is InChI=1S/C20H14O2/c21-17-11-9-13-5-1-3-7-15(13)19(17)20-16-8-4-2-6-14(16)10-12-18(20)22/h1-3,5-12,22H,4H2/b20-19+. The molecule has 2 aliphatic rings. The van der Waals surface area contributed by atoms with Crippen molar-refractivity contribution in [2.24, 2.45) is 0 Å². The van der Waals surface area contributed by atoms with Crippen LogP contribution in [0.3, 0.4) is 0 Å². The lowest BCUT2D eigenvalue weighted by atomic mass is 9.88. The number of hydrogen-bond acceptors (Lipinski definition) is 2. The Labute approximate surface area is 128 Å². The van der Waals surface area contributed by atoms with E-state index in [1.54, 1.807) is 12.1 Å². The molecule has 0 saturated heterocycles. The molecule has 0 heterocycles. The van der Waals surface area contributed by atoms with Crippen molar-refractivity contribution in [2.45, 2.75) is 6.42 Å². The maximum absolute atomic E-state index is 12.5. The van der Waals surface area contributed by atoms with E-state index >= 15 is 0 Å². The molecule has 1 N–H and O–H groups in total. The summed E-state index contributed by atoms with van der Waals surface area (Å²) in [5, 5.41) is 12.0. The van der Waals surface area contributed by atoms with Crippen LogP contribution in [0.15, 0.2) is 48.6 Å². The molecule has 106 valence electrons. The Hall–Kier alpha value is -2.87. The molecule has 2 heteroatoms. The minimum absolute atomic E-state index is 0.0645. The van der Waals surface area contributed by atoms with Crippen LogP contribution in [0.4, 0.5) is 0 Å². The lowest BCUT2D eigenvalue weighted by molar-refractivity contribution is -0.109. The summed E-state index contributed by atoms with van der Waals surface area (Å²) in [4.78, 5) is 12.5. The number of phenols is 1. The molecule has 22 heavy (non-hydrogen) atoms. The van der Waals surface area contributed by atoms with Gasteiger partial charge in [-0.05, 0) is 40.5 Å². The van der Waals surface area contributed by atoms with Crippen molar-refractivity contribution in [3.8, 4) is 5.75 Å². The van der Waals surface area contributed by atoms with Crippen LogP contribution < -0.4 is 10.4 Å². The normalized spacial score (nSPS) is 17.7. The highest BCUT2D eigenvalue weighted by Gasteiger charge is 2.20. The van der Waals surface area contributed by atoms with Gasteiger partial charge in [0.1, 0.15) is 5.75 Å². The number of carbonyl (C=O) groups excluding carboxylic acids is 1. The van der Waals surface area contributed by atoms with Gasteiger partial charge in [-0.3, -0.25) is 4.79 Å². The predicted molar refractivity (Wildman–Crippen MR) is 88.5 cm³/mol. The average molecular weight is 286 g/mol. The second-order valence-electron chi connectivity index (χ2n) is 5.46. The maximum atomic E-state index is 12.5. The summed E-state index contributed by atoms with van der Waals surface area (Å²) < 4.78 is 0. The molecule has 0 fully saturated rings. The third kappa shape index (κ3) is 1.85. The first kappa shape index (κ1) is 12.8. The minimum atomic E-state index is -0.0645. The number of phenolic OH excluding ortho intramolecular Hbond substituents is 1. The Morgan fingerprint density at radius 3 is 2.68 bits per heavy atom. The zero-order valence-corrected chi connectivity index (χ0v) is 11.9. The molecule has 2 aromatic carbocycles. The van der Waals surface area contributed by atoms with Crippen LogP contribution in [-0.2, 0) is 4.79 Å². The first-order valence-corrected chi connectivity index (χ1v) is 7.30. The van der Waals surface area contributed by atoms with Crippen LogP contribution in [0, 0.1) is 0 Å². The van der Waals surface area contributed by atoms with Gasteiger partial charge in [0.05, 0.1) is 0 Å². The number of ketones is 1. The molecule has 0 spiro atoms. The topological polar surface area (TPSA) is 37.3 Å². The quantitative estimate of drug-likeness (QED) is 0.807. The Morgan fingerprint density at radius 2 is 1.77 bits per heavy atom. The SMILES string of the molecule is O=C1C=Cc2ccccc2/C1=c1\c(O)ccc2c1=CCC=C2. The van der Waals surface area contributed by atoms with Crippen molar-refractivity contribution in [1.29, 1.82) is 0 Å². The highest BCUT2D eigenvalue weighted by Crippen LogP contribution is 2.25. The molecule has 0 amide bonds. The monoisotopic (exact) mass is 286 g/mol. The van der Waals surface area contributed by atoms with Gasteiger partial charge in [0.15, 0.2) is 5.78 Å². The van der Waals surface area contributed by atoms with Gasteiger partial charge in [-0.2, -0.15) is 0 Å². The maximum Gasteiger partial charge on any atom is 0.187 e. The van der Waals surface area contributed by atoms with E-state index in [4.69, 9.17) is 0 Å². The van der Waals surface area contributed by atoms with Gasteiger partial charge >= 0.3 is 0 Å². The molecule has 0 aliphatic heterocycles. The summed E-state index contributed by atoms with van der Waals surface area (Å²) in [5.41, 5.74) is 3.49. The summed E-state index contributed by atoms with van der Waals surface area (Å²) in [5.74, 6) is 0.0871. The molecular formula is C20H14O2. The number of hydrogen-bond donors (Lipinski definition) is 1. The summed E-state index contributed by atoms with van der Waals surface area (Å²) in [6.45, 7) is 0. The zero-order chi connectivity index (χ0) is 15.1. The Morgan fingerprint density at radius 1 is 0.909 bits per heavy atom. The number of rotatable bonds is 0. The first-order chi connectivity index (χ1) is 10.8. The number of aromatic hydroxyl groups is 1. The predicted octanol–water partition coefficient (Wildman–Crippen LogP) is 2.38. The lowest BCUT2D eigenvalue weighted by Crippen LogP contribution is -2.33. The summed E-state index contributed by atoms with van der Waals surface area (Å²) in [6.07, 6.45) is 10.4. The minimum Gasteiger partial charge on any atom is -0.507 e.